The molecule has 0 saturated heterocycles. The Balaban J connectivity index is 2.27. The first-order chi connectivity index (χ1) is 9.63. The Labute approximate surface area is 115 Å². The Hall–Kier alpha value is -2.64. The number of nitrogens with zero attached hydrogens (tertiary/aromatic N) is 5. The van der Waals surface area contributed by atoms with Crippen LogP contribution >= 0.6 is 0 Å². The van der Waals surface area contributed by atoms with E-state index in [0.29, 0.717) is 11.6 Å². The molecule has 2 aromatic rings. The zero-order valence-corrected chi connectivity index (χ0v) is 11.5. The summed E-state index contributed by atoms with van der Waals surface area (Å²) in [5.74, 6) is 0.416. The highest BCUT2D eigenvalue weighted by molar-refractivity contribution is 5.72. The molecule has 1 aromatic carbocycles. The fourth-order valence-corrected chi connectivity index (χ4v) is 1.53. The first-order valence-electron chi connectivity index (χ1n) is 5.91. The molecule has 20 heavy (non-hydrogen) atoms. The molecule has 0 fully saturated rings. The van der Waals surface area contributed by atoms with E-state index in [2.05, 4.69) is 15.6 Å². The number of rotatable bonds is 4. The Kier molecular flexibility index (Phi) is 4.14. The van der Waals surface area contributed by atoms with Gasteiger partial charge in [0, 0.05) is 19.5 Å². The van der Waals surface area contributed by atoms with Crippen LogP contribution < -0.4 is 5.69 Å². The van der Waals surface area contributed by atoms with Gasteiger partial charge in [-0.2, -0.15) is 9.36 Å². The predicted molar refractivity (Wildman–Crippen MR) is 71.5 cm³/mol. The van der Waals surface area contributed by atoms with Crippen molar-refractivity contribution in [3.63, 3.8) is 0 Å². The van der Waals surface area contributed by atoms with Crippen LogP contribution in [0.15, 0.2) is 34.2 Å². The monoisotopic (exact) mass is 277 g/mol. The topological polar surface area (TPSA) is 83.5 Å². The van der Waals surface area contributed by atoms with E-state index in [1.54, 1.807) is 13.0 Å². The van der Waals surface area contributed by atoms with Crippen molar-refractivity contribution in [2.45, 2.75) is 13.5 Å². The van der Waals surface area contributed by atoms with Crippen LogP contribution in [0.4, 0.5) is 0 Å². The summed E-state index contributed by atoms with van der Waals surface area (Å²) < 4.78 is 7.24. The van der Waals surface area contributed by atoms with Gasteiger partial charge in [0.2, 0.25) is 5.90 Å². The largest absolute Gasteiger partial charge is 0.482 e. The van der Waals surface area contributed by atoms with Gasteiger partial charge in [-0.3, -0.25) is 0 Å². The second-order valence-electron chi connectivity index (χ2n) is 4.01. The second-order valence-corrected chi connectivity index (χ2v) is 4.01. The molecule has 0 aliphatic carbocycles. The van der Waals surface area contributed by atoms with Gasteiger partial charge in [0.15, 0.2) is 0 Å². The molecule has 2 rings (SSSR count). The third kappa shape index (κ3) is 2.85. The Morgan fingerprint density at radius 2 is 2.10 bits per heavy atom. The molecule has 0 aliphatic rings. The minimum atomic E-state index is -0.325. The summed E-state index contributed by atoms with van der Waals surface area (Å²) in [7, 11) is 3.05. The molecule has 0 radical (unpaired) electrons. The molecule has 0 amide bonds. The van der Waals surface area contributed by atoms with Crippen LogP contribution in [0.2, 0.25) is 0 Å². The van der Waals surface area contributed by atoms with Crippen molar-refractivity contribution >= 4 is 5.90 Å². The van der Waals surface area contributed by atoms with Crippen molar-refractivity contribution in [3.05, 3.63) is 40.3 Å². The zero-order valence-electron chi connectivity index (χ0n) is 11.5. The fraction of sp³-hybridized carbons (Fsp3) is 0.333. The third-order valence-electron chi connectivity index (χ3n) is 2.65. The highest BCUT2D eigenvalue weighted by Gasteiger charge is 2.10. The lowest BCUT2D eigenvalue weighted by Gasteiger charge is -2.06. The van der Waals surface area contributed by atoms with E-state index in [4.69, 9.17) is 9.57 Å². The van der Waals surface area contributed by atoms with E-state index < -0.39 is 0 Å². The van der Waals surface area contributed by atoms with Gasteiger partial charge < -0.3 is 9.57 Å². The standard InChI is InChI=1S/C12H15N5O3/c1-9(19-3)13-20-8-10-6-4-5-7-11(10)17-12(18)16(2)14-15-17/h4-7H,8H2,1-3H3. The predicted octanol–water partition coefficient (Wildman–Crippen LogP) is 0.462. The highest BCUT2D eigenvalue weighted by atomic mass is 16.6. The van der Waals surface area contributed by atoms with Crippen LogP contribution in [0.5, 0.6) is 0 Å². The number of benzene rings is 1. The van der Waals surface area contributed by atoms with E-state index >= 15 is 0 Å². The quantitative estimate of drug-likeness (QED) is 0.460. The summed E-state index contributed by atoms with van der Waals surface area (Å²) in [6, 6.07) is 7.25. The Bertz CT molecular complexity index is 674. The maximum absolute atomic E-state index is 11.9. The molecule has 106 valence electrons. The zero-order chi connectivity index (χ0) is 14.5. The first kappa shape index (κ1) is 13.8. The molecule has 8 heteroatoms. The SMILES string of the molecule is COC(C)=NOCc1ccccc1-n1nnn(C)c1=O. The molecule has 1 aromatic heterocycles. The molecule has 0 spiro atoms. The molecular formula is C12H15N5O3. The molecule has 1 heterocycles. The summed E-state index contributed by atoms with van der Waals surface area (Å²) in [6.45, 7) is 1.87. The summed E-state index contributed by atoms with van der Waals surface area (Å²) in [4.78, 5) is 17.0. The number of hydrogen-bond acceptors (Lipinski definition) is 6. The first-order valence-corrected chi connectivity index (χ1v) is 5.91. The van der Waals surface area contributed by atoms with Crippen molar-refractivity contribution in [3.8, 4) is 5.69 Å². The maximum atomic E-state index is 11.9. The van der Waals surface area contributed by atoms with Gasteiger partial charge in [-0.15, -0.1) is 0 Å². The van der Waals surface area contributed by atoms with Crippen LogP contribution in [0.25, 0.3) is 5.69 Å². The van der Waals surface area contributed by atoms with Gasteiger partial charge in [0.25, 0.3) is 0 Å². The van der Waals surface area contributed by atoms with Crippen LogP contribution in [0.3, 0.4) is 0 Å². The minimum absolute atomic E-state index is 0.194. The number of methoxy groups -OCH3 is 1. The van der Waals surface area contributed by atoms with Gasteiger partial charge in [-0.05, 0) is 16.5 Å². The number of oxime groups is 1. The minimum Gasteiger partial charge on any atom is -0.482 e. The number of tetrazole rings is 1. The van der Waals surface area contributed by atoms with Crippen LogP contribution in [-0.2, 0) is 23.2 Å². The van der Waals surface area contributed by atoms with Crippen LogP contribution in [0, 0.1) is 0 Å². The van der Waals surface area contributed by atoms with E-state index in [1.165, 1.54) is 18.8 Å². The number of hydrogen-bond donors (Lipinski definition) is 0. The summed E-state index contributed by atoms with van der Waals surface area (Å²) in [5, 5.41) is 11.3. The third-order valence-corrected chi connectivity index (χ3v) is 2.65. The lowest BCUT2D eigenvalue weighted by Crippen LogP contribution is -2.22. The van der Waals surface area contributed by atoms with Gasteiger partial charge in [0.05, 0.1) is 12.8 Å². The van der Waals surface area contributed by atoms with Crippen LogP contribution in [-0.4, -0.2) is 32.8 Å². The Morgan fingerprint density at radius 1 is 1.35 bits per heavy atom. The van der Waals surface area contributed by atoms with Crippen LogP contribution in [0.1, 0.15) is 12.5 Å². The van der Waals surface area contributed by atoms with Gasteiger partial charge in [-0.1, -0.05) is 23.4 Å². The van der Waals surface area contributed by atoms with Crippen molar-refractivity contribution in [1.82, 2.24) is 19.8 Å². The van der Waals surface area contributed by atoms with Gasteiger partial charge in [0.1, 0.15) is 6.61 Å². The lowest BCUT2D eigenvalue weighted by atomic mass is 10.2. The highest BCUT2D eigenvalue weighted by Crippen LogP contribution is 2.12. The molecule has 0 saturated carbocycles. The van der Waals surface area contributed by atoms with Crippen molar-refractivity contribution in [2.24, 2.45) is 12.2 Å². The second kappa shape index (κ2) is 6.00. The van der Waals surface area contributed by atoms with Gasteiger partial charge in [-0.25, -0.2) is 4.79 Å². The summed E-state index contributed by atoms with van der Waals surface area (Å²) >= 11 is 0. The van der Waals surface area contributed by atoms with E-state index in [1.807, 2.05) is 18.2 Å². The average Bonchev–Trinajstić information content (AvgIpc) is 2.79. The molecular weight excluding hydrogens is 262 g/mol. The normalized spacial score (nSPS) is 11.4. The smallest absolute Gasteiger partial charge is 0.368 e. The van der Waals surface area contributed by atoms with Crippen molar-refractivity contribution in [2.75, 3.05) is 7.11 Å². The molecule has 8 nitrogen and oxygen atoms in total. The molecule has 0 unspecified atom stereocenters. The molecule has 0 atom stereocenters. The van der Waals surface area contributed by atoms with Crippen molar-refractivity contribution in [1.29, 1.82) is 0 Å². The maximum Gasteiger partial charge on any atom is 0.368 e. The number of ether oxygens (including phenoxy) is 1. The fourth-order valence-electron chi connectivity index (χ4n) is 1.53. The Morgan fingerprint density at radius 3 is 2.75 bits per heavy atom. The van der Waals surface area contributed by atoms with E-state index in [9.17, 15) is 4.79 Å². The van der Waals surface area contributed by atoms with Crippen molar-refractivity contribution < 1.29 is 9.57 Å². The molecule has 0 bridgehead atoms. The van der Waals surface area contributed by atoms with E-state index in [-0.39, 0.29) is 12.3 Å². The number of aromatic nitrogens is 4. The van der Waals surface area contributed by atoms with Gasteiger partial charge >= 0.3 is 5.69 Å². The average molecular weight is 277 g/mol. The number of aryl methyl sites for hydroxylation is 1. The lowest BCUT2D eigenvalue weighted by molar-refractivity contribution is 0.121. The number of para-hydroxylation sites is 1. The molecule has 0 N–H and O–H groups in total. The summed E-state index contributed by atoms with van der Waals surface area (Å²) in [6.07, 6.45) is 0. The van der Waals surface area contributed by atoms with E-state index in [0.717, 1.165) is 10.2 Å². The molecule has 0 aliphatic heterocycles. The summed E-state index contributed by atoms with van der Waals surface area (Å²) in [5.41, 5.74) is 1.05.